The Labute approximate surface area is 173 Å². The molecule has 0 N–H and O–H groups in total. The molecule has 0 saturated heterocycles. The van der Waals surface area contributed by atoms with Crippen molar-refractivity contribution in [3.8, 4) is 0 Å². The monoisotopic (exact) mass is 398 g/mol. The quantitative estimate of drug-likeness (QED) is 0.303. The average molecular weight is 399 g/mol. The first-order valence-corrected chi connectivity index (χ1v) is 13.1. The van der Waals surface area contributed by atoms with Crippen LogP contribution in [0.3, 0.4) is 0 Å². The lowest BCUT2D eigenvalue weighted by Crippen LogP contribution is -2.67. The zero-order valence-corrected chi connectivity index (χ0v) is 18.2. The van der Waals surface area contributed by atoms with Gasteiger partial charge < -0.3 is 0 Å². The first kappa shape index (κ1) is 18.9. The average Bonchev–Trinajstić information content (AvgIpc) is 3.25. The summed E-state index contributed by atoms with van der Waals surface area (Å²) in [5.74, 6) is 0. The smallest absolute Gasteiger partial charge is 0.145 e. The van der Waals surface area contributed by atoms with Crippen molar-refractivity contribution in [2.75, 3.05) is 0 Å². The third kappa shape index (κ3) is 3.75. The molecule has 0 radical (unpaired) electrons. The fraction of sp³-hybridized carbons (Fsp3) is 0.154. The highest BCUT2D eigenvalue weighted by Gasteiger charge is 2.38. The van der Waals surface area contributed by atoms with Gasteiger partial charge in [0.1, 0.15) is 8.07 Å². The third-order valence-corrected chi connectivity index (χ3v) is 11.9. The highest BCUT2D eigenvalue weighted by molar-refractivity contribution is 7.13. The van der Waals surface area contributed by atoms with Crippen molar-refractivity contribution in [2.24, 2.45) is 0 Å². The molecule has 0 aliphatic rings. The summed E-state index contributed by atoms with van der Waals surface area (Å²) in [6, 6.07) is 39.5. The number of rotatable bonds is 7. The fourth-order valence-corrected chi connectivity index (χ4v) is 10.1. The molecule has 2 heteroatoms. The second-order valence-electron chi connectivity index (χ2n) is 7.22. The van der Waals surface area contributed by atoms with Crippen molar-refractivity contribution in [2.45, 2.75) is 25.8 Å². The molecule has 1 aromatic heterocycles. The molecule has 0 fully saturated rings. The van der Waals surface area contributed by atoms with E-state index >= 15 is 0 Å². The molecule has 0 unspecified atom stereocenters. The van der Waals surface area contributed by atoms with Gasteiger partial charge in [-0.1, -0.05) is 97.9 Å². The molecule has 0 bridgehead atoms. The Kier molecular flexibility index (Phi) is 5.89. The Morgan fingerprint density at radius 2 is 1.00 bits per heavy atom. The molecular formula is C26H26SSi. The van der Waals surface area contributed by atoms with Crippen LogP contribution in [0.25, 0.3) is 0 Å². The van der Waals surface area contributed by atoms with Crippen molar-refractivity contribution in [1.82, 2.24) is 0 Å². The number of hydrogen-bond acceptors (Lipinski definition) is 1. The van der Waals surface area contributed by atoms with Crippen LogP contribution < -0.4 is 15.6 Å². The molecule has 140 valence electrons. The van der Waals surface area contributed by atoms with Crippen molar-refractivity contribution in [3.05, 3.63) is 113 Å². The van der Waals surface area contributed by atoms with E-state index in [1.807, 2.05) is 11.3 Å². The highest BCUT2D eigenvalue weighted by Crippen LogP contribution is 2.22. The summed E-state index contributed by atoms with van der Waals surface area (Å²) in [6.45, 7) is 2.24. The number of benzene rings is 3. The van der Waals surface area contributed by atoms with E-state index in [2.05, 4.69) is 110 Å². The molecule has 4 aromatic rings. The summed E-state index contributed by atoms with van der Waals surface area (Å²) in [6.07, 6.45) is 2.26. The van der Waals surface area contributed by atoms with E-state index in [9.17, 15) is 0 Å². The summed E-state index contributed by atoms with van der Waals surface area (Å²) < 4.78 is 0. The maximum Gasteiger partial charge on any atom is 0.148 e. The number of aryl methyl sites for hydroxylation is 2. The Bertz CT molecular complexity index is 894. The maximum absolute atomic E-state index is 2.35. The van der Waals surface area contributed by atoms with Crippen LogP contribution in [0.5, 0.6) is 0 Å². The van der Waals surface area contributed by atoms with E-state index in [4.69, 9.17) is 0 Å². The molecule has 28 heavy (non-hydrogen) atoms. The summed E-state index contributed by atoms with van der Waals surface area (Å²) in [7, 11) is -2.10. The molecule has 0 aliphatic carbocycles. The Hall–Kier alpha value is -2.42. The van der Waals surface area contributed by atoms with Gasteiger partial charge in [-0.2, -0.15) is 0 Å². The number of thiophene rings is 1. The summed E-state index contributed by atoms with van der Waals surface area (Å²) in [5.41, 5.74) is 0. The van der Waals surface area contributed by atoms with Crippen LogP contribution in [0.4, 0.5) is 0 Å². The van der Waals surface area contributed by atoms with E-state index in [0.29, 0.717) is 0 Å². The van der Waals surface area contributed by atoms with E-state index in [1.54, 1.807) is 0 Å². The number of hydrogen-bond donors (Lipinski definition) is 0. The van der Waals surface area contributed by atoms with Crippen LogP contribution in [-0.2, 0) is 12.8 Å². The van der Waals surface area contributed by atoms with Crippen molar-refractivity contribution < 1.29 is 0 Å². The van der Waals surface area contributed by atoms with Crippen molar-refractivity contribution in [1.29, 1.82) is 0 Å². The minimum absolute atomic E-state index is 1.13. The molecule has 3 aromatic carbocycles. The molecule has 0 aliphatic heterocycles. The lowest BCUT2D eigenvalue weighted by atomic mass is 10.3. The van der Waals surface area contributed by atoms with Crippen LogP contribution in [-0.4, -0.2) is 8.07 Å². The summed E-state index contributed by atoms with van der Waals surface area (Å²) in [4.78, 5) is 3.00. The molecule has 0 atom stereocenters. The molecule has 0 nitrogen and oxygen atoms in total. The normalized spacial score (nSPS) is 11.5. The first-order valence-electron chi connectivity index (χ1n) is 10.1. The predicted octanol–water partition coefficient (Wildman–Crippen LogP) is 5.02. The summed E-state index contributed by atoms with van der Waals surface area (Å²) >= 11 is 1.98. The van der Waals surface area contributed by atoms with Crippen LogP contribution in [0.2, 0.25) is 6.04 Å². The first-order chi connectivity index (χ1) is 13.8. The minimum Gasteiger partial charge on any atom is -0.145 e. The lowest BCUT2D eigenvalue weighted by molar-refractivity contribution is 1.15. The molecule has 0 spiro atoms. The standard InChI is InChI=1S/C26H26SSi/c1-2-22-18-19-23(27-22)20-21-28(24-12-6-3-7-13-24,25-14-8-4-9-15-25)26-16-10-5-11-17-26/h3-19H,2,20-21H2,1H3. The van der Waals surface area contributed by atoms with E-state index in [-0.39, 0.29) is 0 Å². The Morgan fingerprint density at radius 3 is 1.39 bits per heavy atom. The van der Waals surface area contributed by atoms with Gasteiger partial charge in [-0.15, -0.1) is 11.3 Å². The second-order valence-corrected chi connectivity index (χ2v) is 12.5. The summed E-state index contributed by atoms with van der Waals surface area (Å²) in [5, 5.41) is 4.50. The van der Waals surface area contributed by atoms with Gasteiger partial charge in [-0.3, -0.25) is 0 Å². The van der Waals surface area contributed by atoms with Gasteiger partial charge >= 0.3 is 0 Å². The van der Waals surface area contributed by atoms with Gasteiger partial charge in [-0.05, 0) is 46.6 Å². The predicted molar refractivity (Wildman–Crippen MR) is 126 cm³/mol. The van der Waals surface area contributed by atoms with E-state index < -0.39 is 8.07 Å². The molecule has 4 rings (SSSR count). The molecule has 1 heterocycles. The van der Waals surface area contributed by atoms with Crippen LogP contribution in [0.15, 0.2) is 103 Å². The van der Waals surface area contributed by atoms with Crippen molar-refractivity contribution in [3.63, 3.8) is 0 Å². The van der Waals surface area contributed by atoms with Gasteiger partial charge in [0.25, 0.3) is 0 Å². The third-order valence-electron chi connectivity index (χ3n) is 5.61. The Balaban J connectivity index is 1.85. The van der Waals surface area contributed by atoms with Crippen LogP contribution in [0.1, 0.15) is 16.7 Å². The topological polar surface area (TPSA) is 0 Å². The molecular weight excluding hydrogens is 372 g/mol. The zero-order valence-electron chi connectivity index (χ0n) is 16.3. The van der Waals surface area contributed by atoms with Crippen LogP contribution >= 0.6 is 11.3 Å². The molecule has 0 amide bonds. The van der Waals surface area contributed by atoms with Gasteiger partial charge in [0, 0.05) is 9.75 Å². The maximum atomic E-state index is 2.35. The lowest BCUT2D eigenvalue weighted by Gasteiger charge is -2.34. The molecule has 0 saturated carbocycles. The van der Waals surface area contributed by atoms with E-state index in [1.165, 1.54) is 31.4 Å². The van der Waals surface area contributed by atoms with Crippen LogP contribution in [0, 0.1) is 0 Å². The Morgan fingerprint density at radius 1 is 0.571 bits per heavy atom. The van der Waals surface area contributed by atoms with Crippen molar-refractivity contribution >= 4 is 35.0 Å². The van der Waals surface area contributed by atoms with Gasteiger partial charge in [0.05, 0.1) is 0 Å². The largest absolute Gasteiger partial charge is 0.148 e. The highest BCUT2D eigenvalue weighted by atomic mass is 32.1. The zero-order chi connectivity index (χ0) is 19.2. The van der Waals surface area contributed by atoms with Gasteiger partial charge in [0.2, 0.25) is 0 Å². The van der Waals surface area contributed by atoms with Gasteiger partial charge in [0.15, 0.2) is 0 Å². The van der Waals surface area contributed by atoms with Gasteiger partial charge in [-0.25, -0.2) is 0 Å². The minimum atomic E-state index is -2.10. The fourth-order valence-electron chi connectivity index (χ4n) is 4.16. The second kappa shape index (κ2) is 8.72. The van der Waals surface area contributed by atoms with E-state index in [0.717, 1.165) is 12.8 Å². The SMILES string of the molecule is CCc1ccc(CC[Si](c2ccccc2)(c2ccccc2)c2ccccc2)s1.